The number of aryl methyl sites for hydroxylation is 1. The van der Waals surface area contributed by atoms with Gasteiger partial charge in [-0.2, -0.15) is 0 Å². The van der Waals surface area contributed by atoms with Crippen molar-refractivity contribution in [3.05, 3.63) is 296 Å². The molecular weight excluding hydrogens is 1040 g/mol. The Morgan fingerprint density at radius 3 is 1.72 bits per heavy atom. The third kappa shape index (κ3) is 10.2. The molecule has 0 aliphatic heterocycles. The van der Waals surface area contributed by atoms with E-state index in [0.29, 0.717) is 44.5 Å². The number of nitrogens with zero attached hydrogens (tertiary/aromatic N) is 4. The molecule has 0 spiro atoms. The van der Waals surface area contributed by atoms with E-state index in [1.165, 1.54) is 18.3 Å². The molecule has 3 heterocycles. The second-order valence-corrected chi connectivity index (χ2v) is 22.7. The van der Waals surface area contributed by atoms with Crippen molar-refractivity contribution in [2.45, 2.75) is 59.2 Å². The summed E-state index contributed by atoms with van der Waals surface area (Å²) >= 11 is 0. The van der Waals surface area contributed by atoms with Crippen LogP contribution in [0.15, 0.2) is 273 Å². The second kappa shape index (κ2) is 21.7. The molecule has 5 heteroatoms. The molecule has 0 unspecified atom stereocenters. The molecule has 86 heavy (non-hydrogen) atoms. The van der Waals surface area contributed by atoms with Crippen LogP contribution < -0.4 is 9.30 Å². The summed E-state index contributed by atoms with van der Waals surface area (Å²) in [5.41, 5.74) is -0.701. The SMILES string of the molecule is [2H]c1c([2H])c([2H])c(-c2cc(-c3c([2H])c(-c4c([2H])c([2H])c([2H])c([2H])c4[2H])c([2H])c(-c4c([2H])c([2H])c([2H])c([2H])c4[2H])c3[2H])c(-[n+]3[c-]n(-c4cccc(Oc5ccc6c7ccccc7n(-c7cc(C([2H])([2H])[2H])c(-c8c([2H])c([2H])c([2H])c([2H])c8[2H])cn7)c6c5)c4)c4cc(-c5ccc(C(C)(C)C)cc5)ccc43)c(C(C)(C)C)c2)c([2H])c1[2H]. The first-order chi connectivity index (χ1) is 52.6. The molecule has 416 valence electrons. The molecule has 0 saturated carbocycles. The third-order valence-electron chi connectivity index (χ3n) is 15.0. The predicted molar refractivity (Wildman–Crippen MR) is 357 cm³/mol. The number of fused-ring (bicyclic) bond motifs is 4. The predicted octanol–water partition coefficient (Wildman–Crippen LogP) is 20.9. The minimum absolute atomic E-state index is 0.0569. The average Bonchev–Trinajstić information content (AvgIpc) is 1.50. The maximum absolute atomic E-state index is 10.5. The number of rotatable bonds is 11. The lowest BCUT2D eigenvalue weighted by Gasteiger charge is -2.28. The van der Waals surface area contributed by atoms with Gasteiger partial charge in [-0.3, -0.25) is 13.7 Å². The maximum atomic E-state index is 10.5. The quantitative estimate of drug-likeness (QED) is 0.0956. The van der Waals surface area contributed by atoms with Gasteiger partial charge in [0.1, 0.15) is 17.3 Å². The van der Waals surface area contributed by atoms with Gasteiger partial charge in [0.15, 0.2) is 0 Å². The fraction of sp³-hybridized carbons (Fsp3) is 0.111. The summed E-state index contributed by atoms with van der Waals surface area (Å²) in [4.78, 5) is 4.73. The van der Waals surface area contributed by atoms with Crippen LogP contribution in [-0.2, 0) is 10.8 Å². The molecule has 0 saturated heterocycles. The molecule has 0 radical (unpaired) electrons. The largest absolute Gasteiger partial charge is 0.458 e. The molecule has 0 fully saturated rings. The molecular formula is C81H66N4O. The van der Waals surface area contributed by atoms with Gasteiger partial charge in [-0.05, 0) is 168 Å². The van der Waals surface area contributed by atoms with Crippen molar-refractivity contribution in [3.63, 3.8) is 0 Å². The smallest absolute Gasteiger partial charge is 0.269 e. The fourth-order valence-electron chi connectivity index (χ4n) is 10.8. The van der Waals surface area contributed by atoms with E-state index in [9.17, 15) is 12.3 Å². The van der Waals surface area contributed by atoms with E-state index >= 15 is 0 Å². The maximum Gasteiger partial charge on any atom is 0.269 e. The van der Waals surface area contributed by atoms with E-state index in [2.05, 4.69) is 27.1 Å². The van der Waals surface area contributed by atoms with Crippen molar-refractivity contribution < 1.29 is 44.9 Å². The zero-order chi connectivity index (χ0) is 81.2. The summed E-state index contributed by atoms with van der Waals surface area (Å²) in [6, 6.07) is 19.8. The van der Waals surface area contributed by atoms with Crippen molar-refractivity contribution >= 4 is 32.8 Å². The molecule has 14 aromatic rings. The van der Waals surface area contributed by atoms with Crippen LogP contribution in [0.1, 0.15) is 93.9 Å². The topological polar surface area (TPSA) is 35.9 Å². The van der Waals surface area contributed by atoms with Gasteiger partial charge in [0.25, 0.3) is 6.33 Å². The van der Waals surface area contributed by atoms with Crippen molar-refractivity contribution in [2.75, 3.05) is 0 Å². The number of ether oxygens (including phenoxy) is 1. The van der Waals surface area contributed by atoms with Crippen molar-refractivity contribution in [2.24, 2.45) is 0 Å². The molecule has 0 atom stereocenters. The lowest BCUT2D eigenvalue weighted by Crippen LogP contribution is -2.34. The Balaban J connectivity index is 1.05. The van der Waals surface area contributed by atoms with Crippen LogP contribution in [0, 0.1) is 13.2 Å². The molecule has 0 aliphatic rings. The monoisotopic (exact) mass is 1140 g/mol. The Morgan fingerprint density at radius 1 is 0.465 bits per heavy atom. The van der Waals surface area contributed by atoms with E-state index in [-0.39, 0.29) is 56.1 Å². The second-order valence-electron chi connectivity index (χ2n) is 22.7. The number of aromatic nitrogens is 4. The molecule has 3 aromatic heterocycles. The Morgan fingerprint density at radius 2 is 1.07 bits per heavy atom. The zero-order valence-electron chi connectivity index (χ0n) is 73.4. The summed E-state index contributed by atoms with van der Waals surface area (Å²) in [6.45, 7) is 8.87. The number of hydrogen-bond donors (Lipinski definition) is 0. The van der Waals surface area contributed by atoms with Gasteiger partial charge in [-0.15, -0.1) is 0 Å². The van der Waals surface area contributed by atoms with E-state index in [1.807, 2.05) is 87.5 Å². The summed E-state index contributed by atoms with van der Waals surface area (Å²) in [7, 11) is 0. The standard InChI is InChI=1S/C81H66N4O/c1-54-43-78(82-52-72(54)59-29-18-11-19-30-59)85-74-34-21-20-33-69(74)70-41-40-68(51-76(70)85)86-67-32-22-31-66(50-67)83-53-84(75-42-37-60(49-77(75)83)58-35-38-65(39-36-58)80(2,3)4)79-71(47-63(48-73(79)81(5,6)7)57-27-16-10-17-28-57)64-45-61(55-23-12-8-13-24-55)44-62(46-64)56-25-14-9-15-26-56/h8-52H,1-7H3/i1D3,8D,9D,10D,11D,12D,13D,14D,15D,16D,17D,18D,19D,23D,24D,25D,26D,27D,28D,29D,30D,44D,45D,46D. The van der Waals surface area contributed by atoms with E-state index in [1.54, 1.807) is 62.2 Å². The van der Waals surface area contributed by atoms with Gasteiger partial charge in [0.2, 0.25) is 0 Å². The third-order valence-corrected chi connectivity index (χ3v) is 15.0. The van der Waals surface area contributed by atoms with Gasteiger partial charge < -0.3 is 4.74 Å². The van der Waals surface area contributed by atoms with E-state index in [4.69, 9.17) is 33.0 Å². The van der Waals surface area contributed by atoms with E-state index < -0.39 is 179 Å². The Bertz CT molecular complexity index is 6190. The normalized spacial score (nSPS) is 16.3. The molecule has 5 nitrogen and oxygen atoms in total. The highest BCUT2D eigenvalue weighted by molar-refractivity contribution is 6.09. The Hall–Kier alpha value is -10.4. The van der Waals surface area contributed by atoms with E-state index in [0.717, 1.165) is 22.1 Å². The minimum atomic E-state index is -2.88. The Kier molecular flexibility index (Phi) is 8.08. The fourth-order valence-corrected chi connectivity index (χ4v) is 10.8. The summed E-state index contributed by atoms with van der Waals surface area (Å²) in [5, 5.41) is 1.46. The molecule has 0 bridgehead atoms. The van der Waals surface area contributed by atoms with Gasteiger partial charge in [0.05, 0.1) is 65.0 Å². The number of para-hydroxylation sites is 1. The van der Waals surface area contributed by atoms with Gasteiger partial charge in [-0.1, -0.05) is 229 Å². The first-order valence-corrected chi connectivity index (χ1v) is 27.6. The number of imidazole rings is 1. The summed E-state index contributed by atoms with van der Waals surface area (Å²) in [6.07, 6.45) is 4.78. The Labute approximate surface area is 540 Å². The van der Waals surface area contributed by atoms with Crippen LogP contribution in [0.3, 0.4) is 0 Å². The van der Waals surface area contributed by atoms with Crippen molar-refractivity contribution in [1.82, 2.24) is 14.1 Å². The first kappa shape index (κ1) is 32.1. The van der Waals surface area contributed by atoms with Gasteiger partial charge in [-0.25, -0.2) is 4.98 Å². The van der Waals surface area contributed by atoms with Gasteiger partial charge >= 0.3 is 0 Å². The average molecular weight is 1140 g/mol. The molecule has 0 aliphatic carbocycles. The lowest BCUT2D eigenvalue weighted by molar-refractivity contribution is -0.572. The van der Waals surface area contributed by atoms with Crippen LogP contribution in [0.5, 0.6) is 11.5 Å². The van der Waals surface area contributed by atoms with Crippen LogP contribution in [0.2, 0.25) is 0 Å². The molecule has 14 rings (SSSR count). The molecule has 11 aromatic carbocycles. The molecule has 0 amide bonds. The van der Waals surface area contributed by atoms with Gasteiger partial charge in [0, 0.05) is 32.7 Å². The van der Waals surface area contributed by atoms with Crippen molar-refractivity contribution in [3.8, 4) is 95.5 Å². The number of hydrogen-bond acceptors (Lipinski definition) is 2. The van der Waals surface area contributed by atoms with Crippen LogP contribution in [0.25, 0.3) is 117 Å². The number of pyridine rings is 1. The van der Waals surface area contributed by atoms with Crippen LogP contribution >= 0.6 is 0 Å². The highest BCUT2D eigenvalue weighted by atomic mass is 16.5. The van der Waals surface area contributed by atoms with Crippen molar-refractivity contribution in [1.29, 1.82) is 0 Å². The number of benzene rings is 11. The van der Waals surface area contributed by atoms with Crippen LogP contribution in [0.4, 0.5) is 0 Å². The molecule has 0 N–H and O–H groups in total. The minimum Gasteiger partial charge on any atom is -0.458 e. The lowest BCUT2D eigenvalue weighted by atomic mass is 9.80. The summed E-state index contributed by atoms with van der Waals surface area (Å²) in [5.74, 6) is 0.685. The summed E-state index contributed by atoms with van der Waals surface area (Å²) < 4.78 is 247. The first-order valence-electron chi connectivity index (χ1n) is 40.6. The highest BCUT2D eigenvalue weighted by Crippen LogP contribution is 2.43. The van der Waals surface area contributed by atoms with Crippen LogP contribution in [-0.4, -0.2) is 14.1 Å². The highest BCUT2D eigenvalue weighted by Gasteiger charge is 2.28. The zero-order valence-corrected chi connectivity index (χ0v) is 47.4.